The molecule has 258 valence electrons. The minimum absolute atomic E-state index is 0.0476. The van der Waals surface area contributed by atoms with E-state index < -0.39 is 51.7 Å². The highest BCUT2D eigenvalue weighted by Gasteiger charge is 2.49. The molecule has 8 rings (SSSR count). The molecule has 2 unspecified atom stereocenters. The van der Waals surface area contributed by atoms with Crippen molar-refractivity contribution in [1.29, 1.82) is 0 Å². The average Bonchev–Trinajstić information content (AvgIpc) is 3.71. The fourth-order valence-corrected chi connectivity index (χ4v) is 8.21. The Bertz CT molecular complexity index is 1970. The van der Waals surface area contributed by atoms with Gasteiger partial charge in [0.2, 0.25) is 0 Å². The maximum atomic E-state index is 17.0. The topological polar surface area (TPSA) is 154 Å². The number of alkyl halides is 1. The molecule has 1 amide bonds. The molecule has 2 bridgehead atoms. The van der Waals surface area contributed by atoms with E-state index in [1.807, 2.05) is 4.90 Å². The quantitative estimate of drug-likeness (QED) is 0.171. The minimum atomic E-state index is -1.28. The molecule has 0 saturated carbocycles. The first-order chi connectivity index (χ1) is 23.5. The van der Waals surface area contributed by atoms with Crippen molar-refractivity contribution in [3.8, 4) is 22.9 Å². The summed E-state index contributed by atoms with van der Waals surface area (Å²) >= 11 is 0. The number of phenolic OH excluding ortho intramolecular Hbond substituents is 1. The molecule has 4 aromatic rings. The highest BCUT2D eigenvalue weighted by molar-refractivity contribution is 6.11. The number of rotatable bonds is 6. The Hall–Kier alpha value is -4.76. The first-order valence-electron chi connectivity index (χ1n) is 16.1. The Morgan fingerprint density at radius 2 is 1.84 bits per heavy atom. The van der Waals surface area contributed by atoms with Crippen molar-refractivity contribution < 1.29 is 42.1 Å². The molecule has 1 aromatic heterocycles. The zero-order chi connectivity index (χ0) is 34.6. The molecule has 4 atom stereocenters. The average molecular weight is 683 g/mol. The lowest BCUT2D eigenvalue weighted by Gasteiger charge is -2.35. The molecule has 4 saturated heterocycles. The van der Waals surface area contributed by atoms with Crippen LogP contribution in [0.4, 0.5) is 23.4 Å². The number of hydrogen-bond donors (Lipinski definition) is 4. The van der Waals surface area contributed by atoms with Crippen LogP contribution < -0.4 is 20.7 Å². The number of phenols is 1. The van der Waals surface area contributed by atoms with Gasteiger partial charge in [0.05, 0.1) is 16.5 Å². The smallest absolute Gasteiger partial charge is 0.319 e. The van der Waals surface area contributed by atoms with Crippen LogP contribution in [-0.2, 0) is 4.79 Å². The van der Waals surface area contributed by atoms with Crippen molar-refractivity contribution in [2.24, 2.45) is 5.73 Å². The number of nitrogens with one attached hydrogen (secondary N) is 1. The Kier molecular flexibility index (Phi) is 8.43. The van der Waals surface area contributed by atoms with Gasteiger partial charge >= 0.3 is 6.01 Å². The number of nitrogens with zero attached hydrogens (tertiary/aromatic N) is 4. The van der Waals surface area contributed by atoms with Gasteiger partial charge in [-0.15, -0.1) is 0 Å². The van der Waals surface area contributed by atoms with Crippen LogP contribution in [0.5, 0.6) is 11.8 Å². The van der Waals surface area contributed by atoms with E-state index >= 15 is 13.2 Å². The van der Waals surface area contributed by atoms with Gasteiger partial charge in [0.1, 0.15) is 41.5 Å². The molecule has 15 heteroatoms. The predicted octanol–water partition coefficient (Wildman–Crippen LogP) is 4.27. The van der Waals surface area contributed by atoms with Gasteiger partial charge in [-0.05, 0) is 55.8 Å². The van der Waals surface area contributed by atoms with Crippen LogP contribution in [0.3, 0.4) is 0 Å². The zero-order valence-corrected chi connectivity index (χ0v) is 26.3. The van der Waals surface area contributed by atoms with Crippen molar-refractivity contribution in [1.82, 2.24) is 20.2 Å². The van der Waals surface area contributed by atoms with E-state index in [1.54, 1.807) is 0 Å². The summed E-state index contributed by atoms with van der Waals surface area (Å²) in [7, 11) is 0. The second kappa shape index (κ2) is 12.6. The zero-order valence-electron chi connectivity index (χ0n) is 26.3. The minimum Gasteiger partial charge on any atom is -0.508 e. The Labute approximate surface area is 277 Å². The molecule has 0 radical (unpaired) electrons. The fraction of sp³-hybridized carbons (Fsp3) is 0.412. The molecule has 0 spiro atoms. The number of fused-ring (bicyclic) bond motifs is 5. The molecule has 49 heavy (non-hydrogen) atoms. The van der Waals surface area contributed by atoms with Gasteiger partial charge in [0, 0.05) is 54.7 Å². The van der Waals surface area contributed by atoms with Crippen molar-refractivity contribution in [3.05, 3.63) is 53.3 Å². The van der Waals surface area contributed by atoms with Crippen LogP contribution in [0.1, 0.15) is 42.5 Å². The van der Waals surface area contributed by atoms with Crippen molar-refractivity contribution in [2.45, 2.75) is 55.9 Å². The normalized spacial score (nSPS) is 24.6. The van der Waals surface area contributed by atoms with Crippen molar-refractivity contribution >= 4 is 39.9 Å². The molecular weight excluding hydrogens is 648 g/mol. The first-order valence-corrected chi connectivity index (χ1v) is 16.1. The lowest BCUT2D eigenvalue weighted by Crippen LogP contribution is -2.51. The van der Waals surface area contributed by atoms with Gasteiger partial charge in [-0.25, -0.2) is 17.6 Å². The van der Waals surface area contributed by atoms with E-state index in [9.17, 15) is 14.3 Å². The molecule has 0 aliphatic carbocycles. The maximum absolute atomic E-state index is 17.0. The van der Waals surface area contributed by atoms with Crippen LogP contribution in [0.2, 0.25) is 0 Å². The highest BCUT2D eigenvalue weighted by Crippen LogP contribution is 2.44. The summed E-state index contributed by atoms with van der Waals surface area (Å²) in [6, 6.07) is 6.38. The second-order valence-electron chi connectivity index (χ2n) is 13.1. The number of anilines is 1. The summed E-state index contributed by atoms with van der Waals surface area (Å²) in [6.07, 6.45) is 2.71. The van der Waals surface area contributed by atoms with Crippen LogP contribution in [0.25, 0.3) is 32.8 Å². The van der Waals surface area contributed by atoms with Crippen molar-refractivity contribution in [3.63, 3.8) is 0 Å². The largest absolute Gasteiger partial charge is 0.508 e. The number of aromatic hydroxyl groups is 1. The van der Waals surface area contributed by atoms with Gasteiger partial charge in [-0.2, -0.15) is 9.97 Å². The number of piperazine rings is 1. The van der Waals surface area contributed by atoms with Crippen LogP contribution >= 0.6 is 0 Å². The Morgan fingerprint density at radius 3 is 2.55 bits per heavy atom. The van der Waals surface area contributed by atoms with Crippen LogP contribution in [-0.4, -0.2) is 94.0 Å². The summed E-state index contributed by atoms with van der Waals surface area (Å²) in [5.41, 5.74) is 2.97. The molecule has 5 heterocycles. The number of carboxylic acid groups (broad SMARTS) is 1. The molecule has 3 aromatic carbocycles. The number of ether oxygens (including phenoxy) is 1. The summed E-state index contributed by atoms with van der Waals surface area (Å²) in [6.45, 7) is 1.75. The molecule has 4 aliphatic rings. The van der Waals surface area contributed by atoms with Crippen molar-refractivity contribution in [2.75, 3.05) is 37.7 Å². The summed E-state index contributed by atoms with van der Waals surface area (Å²) in [5.74, 6) is -4.65. The number of carbonyl (C=O) groups excluding carboxylic acids is 1. The number of primary amides is 1. The number of carbonyl (C=O) groups is 2. The number of amides is 1. The van der Waals surface area contributed by atoms with E-state index in [4.69, 9.17) is 20.4 Å². The van der Waals surface area contributed by atoms with Gasteiger partial charge in [0.15, 0.2) is 5.82 Å². The third kappa shape index (κ3) is 5.63. The van der Waals surface area contributed by atoms with Crippen LogP contribution in [0.15, 0.2) is 30.3 Å². The van der Waals surface area contributed by atoms with Gasteiger partial charge in [-0.3, -0.25) is 14.5 Å². The number of aromatic nitrogens is 2. The van der Waals surface area contributed by atoms with E-state index in [2.05, 4.69) is 20.2 Å². The first kappa shape index (κ1) is 32.8. The number of halogens is 4. The number of benzene rings is 3. The van der Waals surface area contributed by atoms with E-state index in [-0.39, 0.29) is 64.5 Å². The second-order valence-corrected chi connectivity index (χ2v) is 13.1. The Balaban J connectivity index is 0.00000122. The summed E-state index contributed by atoms with van der Waals surface area (Å²) in [5, 5.41) is 20.6. The Morgan fingerprint density at radius 1 is 1.10 bits per heavy atom. The van der Waals surface area contributed by atoms with E-state index in [0.29, 0.717) is 26.1 Å². The lowest BCUT2D eigenvalue weighted by atomic mass is 9.91. The molecule has 4 fully saturated rings. The lowest BCUT2D eigenvalue weighted by molar-refractivity contribution is -0.122. The van der Waals surface area contributed by atoms with Crippen LogP contribution in [0, 0.1) is 17.5 Å². The van der Waals surface area contributed by atoms with Gasteiger partial charge in [-0.1, -0.05) is 12.1 Å². The summed E-state index contributed by atoms with van der Waals surface area (Å²) in [4.78, 5) is 34.1. The van der Waals surface area contributed by atoms with Gasteiger partial charge < -0.3 is 30.9 Å². The fourth-order valence-electron chi connectivity index (χ4n) is 8.21. The maximum Gasteiger partial charge on any atom is 0.319 e. The number of hydrogen-bond acceptors (Lipinski definition) is 9. The third-order valence-corrected chi connectivity index (χ3v) is 10.2. The monoisotopic (exact) mass is 682 g/mol. The summed E-state index contributed by atoms with van der Waals surface area (Å²) < 4.78 is 69.7. The SMILES string of the molecule is NC(=O)c1c(-c2cc(O)cc3cccc(F)c23)c(F)c2nc(OC[C@@]34CCCN3C[C@H](F)C4)nc(N3CC4CCC(C3)N4)c2c1F.O=CO. The van der Waals surface area contributed by atoms with Gasteiger partial charge in [0.25, 0.3) is 12.4 Å². The van der Waals surface area contributed by atoms with E-state index in [1.165, 1.54) is 18.2 Å². The standard InChI is InChI=1S/C33H32F4N6O3.CH2O2/c34-17-11-33(7-2-8-43(33)12-17)15-46-32-40-29-26(31(41-32)42-13-18-5-6-19(14-42)39-18)27(36)25(30(38)45)24(28(29)37)21-10-20(44)9-16-3-1-4-22(35)23(16)21;2-1-3/h1,3-4,9-10,17-19,39,44H,2,5-8,11-15H2,(H2,38,45);1H,(H,2,3)/t17-,18?,19?,33+;/m1./s1. The number of nitrogens with two attached hydrogens (primary N) is 1. The third-order valence-electron chi connectivity index (χ3n) is 10.2. The predicted molar refractivity (Wildman–Crippen MR) is 172 cm³/mol. The van der Waals surface area contributed by atoms with E-state index in [0.717, 1.165) is 44.4 Å². The highest BCUT2D eigenvalue weighted by atomic mass is 19.1. The molecular formula is C34H34F4N6O5. The molecule has 4 aliphatic heterocycles. The molecule has 11 nitrogen and oxygen atoms in total. The molecule has 5 N–H and O–H groups in total.